The van der Waals surface area contributed by atoms with Crippen molar-refractivity contribution in [1.29, 1.82) is 0 Å². The van der Waals surface area contributed by atoms with Crippen LogP contribution in [0.2, 0.25) is 5.02 Å². The Balaban J connectivity index is 1.61. The Labute approximate surface area is 173 Å². The molecule has 0 spiro atoms. The summed E-state index contributed by atoms with van der Waals surface area (Å²) in [7, 11) is 0. The van der Waals surface area contributed by atoms with Crippen molar-refractivity contribution in [3.05, 3.63) is 51.9 Å². The smallest absolute Gasteiger partial charge is 0.190 e. The first kappa shape index (κ1) is 18.1. The lowest BCUT2D eigenvalue weighted by Crippen LogP contribution is -2.22. The predicted octanol–water partition coefficient (Wildman–Crippen LogP) is 2.87. The van der Waals surface area contributed by atoms with E-state index in [0.717, 1.165) is 35.8 Å². The van der Waals surface area contributed by atoms with E-state index in [4.69, 9.17) is 22.3 Å². The first-order valence-electron chi connectivity index (χ1n) is 8.80. The maximum atomic E-state index is 14.5. The molecule has 8 nitrogen and oxygen atoms in total. The first-order valence-corrected chi connectivity index (χ1v) is 9.99. The number of rotatable bonds is 3. The highest BCUT2D eigenvalue weighted by atomic mass is 35.5. The Morgan fingerprint density at radius 1 is 1.31 bits per heavy atom. The zero-order chi connectivity index (χ0) is 20.0. The third-order valence-electron chi connectivity index (χ3n) is 4.64. The van der Waals surface area contributed by atoms with E-state index < -0.39 is 5.82 Å². The molecule has 1 aliphatic rings. The highest BCUT2D eigenvalue weighted by Crippen LogP contribution is 2.34. The molecule has 3 aromatic heterocycles. The molecule has 5 rings (SSSR count). The second-order valence-electron chi connectivity index (χ2n) is 6.46. The number of halogens is 2. The maximum absolute atomic E-state index is 14.5. The van der Waals surface area contributed by atoms with Gasteiger partial charge < -0.3 is 11.1 Å². The van der Waals surface area contributed by atoms with E-state index in [1.807, 2.05) is 6.07 Å². The van der Waals surface area contributed by atoms with Gasteiger partial charge >= 0.3 is 0 Å². The molecule has 29 heavy (non-hydrogen) atoms. The molecule has 146 valence electrons. The van der Waals surface area contributed by atoms with Gasteiger partial charge in [0, 0.05) is 36.1 Å². The molecule has 0 aliphatic carbocycles. The summed E-state index contributed by atoms with van der Waals surface area (Å²) in [6.07, 6.45) is 2.57. The van der Waals surface area contributed by atoms with Crippen molar-refractivity contribution in [3.63, 3.8) is 0 Å². The number of aromatic nitrogens is 6. The zero-order valence-electron chi connectivity index (χ0n) is 14.9. The monoisotopic (exact) mass is 428 g/mol. The van der Waals surface area contributed by atoms with Gasteiger partial charge in [0.15, 0.2) is 11.6 Å². The fraction of sp³-hybridized carbons (Fsp3) is 0.167. The Morgan fingerprint density at radius 2 is 2.21 bits per heavy atom. The third kappa shape index (κ3) is 3.15. The van der Waals surface area contributed by atoms with E-state index in [0.29, 0.717) is 5.56 Å². The zero-order valence-corrected chi connectivity index (χ0v) is 16.5. The molecule has 0 amide bonds. The third-order valence-corrected chi connectivity index (χ3v) is 6.08. The van der Waals surface area contributed by atoms with Crippen LogP contribution in [0.3, 0.4) is 0 Å². The highest BCUT2D eigenvalue weighted by molar-refractivity contribution is 7.15. The van der Waals surface area contributed by atoms with Gasteiger partial charge in [-0.2, -0.15) is 4.68 Å². The number of anilines is 1. The molecule has 0 unspecified atom stereocenters. The predicted molar refractivity (Wildman–Crippen MR) is 108 cm³/mol. The van der Waals surface area contributed by atoms with Gasteiger partial charge in [-0.25, -0.2) is 14.4 Å². The van der Waals surface area contributed by atoms with E-state index in [1.54, 1.807) is 23.6 Å². The number of nitrogens with two attached hydrogens (primary N) is 1. The molecular weight excluding hydrogens is 415 g/mol. The van der Waals surface area contributed by atoms with Crippen LogP contribution in [0.4, 0.5) is 10.2 Å². The lowest BCUT2D eigenvalue weighted by atomic mass is 10.1. The van der Waals surface area contributed by atoms with Crippen molar-refractivity contribution < 1.29 is 4.39 Å². The van der Waals surface area contributed by atoms with Crippen LogP contribution >= 0.6 is 22.9 Å². The summed E-state index contributed by atoms with van der Waals surface area (Å²) in [5.74, 6) is -0.123. The number of hydrogen-bond donors (Lipinski definition) is 2. The lowest BCUT2D eigenvalue weighted by molar-refractivity contribution is 0.608. The molecule has 3 N–H and O–H groups in total. The van der Waals surface area contributed by atoms with Crippen LogP contribution in [0, 0.1) is 5.82 Å². The number of benzene rings is 1. The second kappa shape index (κ2) is 7.14. The van der Waals surface area contributed by atoms with Crippen LogP contribution in [-0.4, -0.2) is 36.7 Å². The lowest BCUT2D eigenvalue weighted by Gasteiger charge is -2.09. The van der Waals surface area contributed by atoms with Gasteiger partial charge in [-0.3, -0.25) is 0 Å². The number of hydrogen-bond acceptors (Lipinski definition) is 8. The fourth-order valence-electron chi connectivity index (χ4n) is 3.19. The molecule has 0 saturated carbocycles. The van der Waals surface area contributed by atoms with Crippen LogP contribution < -0.4 is 11.1 Å². The van der Waals surface area contributed by atoms with E-state index in [2.05, 4.69) is 25.8 Å². The molecule has 0 saturated heterocycles. The number of pyridine rings is 1. The van der Waals surface area contributed by atoms with Crippen LogP contribution in [0.15, 0.2) is 30.5 Å². The number of nitrogens with one attached hydrogen (secondary N) is 1. The van der Waals surface area contributed by atoms with Gasteiger partial charge in [0.1, 0.15) is 16.5 Å². The minimum Gasteiger partial charge on any atom is -0.383 e. The van der Waals surface area contributed by atoms with Gasteiger partial charge in [0.25, 0.3) is 0 Å². The van der Waals surface area contributed by atoms with Crippen molar-refractivity contribution in [2.24, 2.45) is 0 Å². The topological polar surface area (TPSA) is 107 Å². The summed E-state index contributed by atoms with van der Waals surface area (Å²) < 4.78 is 15.8. The van der Waals surface area contributed by atoms with Crippen LogP contribution in [0.5, 0.6) is 0 Å². The molecule has 1 aliphatic heterocycles. The molecule has 11 heteroatoms. The van der Waals surface area contributed by atoms with Crippen LogP contribution in [0.25, 0.3) is 27.6 Å². The van der Waals surface area contributed by atoms with Crippen molar-refractivity contribution in [2.45, 2.75) is 13.0 Å². The molecule has 0 fully saturated rings. The standard InChI is InChI=1S/C18H14ClFN8S/c19-11-2-1-3-13(15(11)20)28-17(25-26-27-28)10-6-9(7-23-16(10)21)18-24-12-4-5-22-8-14(12)29-18/h1-3,6-7,22H,4-5,8H2,(H2,21,23). The van der Waals surface area contributed by atoms with E-state index in [1.165, 1.54) is 21.7 Å². The first-order chi connectivity index (χ1) is 14.1. The number of tetrazole rings is 1. The maximum Gasteiger partial charge on any atom is 0.190 e. The summed E-state index contributed by atoms with van der Waals surface area (Å²) in [4.78, 5) is 10.3. The van der Waals surface area contributed by atoms with E-state index in [9.17, 15) is 4.39 Å². The number of fused-ring (bicyclic) bond motifs is 1. The second-order valence-corrected chi connectivity index (χ2v) is 7.95. The van der Waals surface area contributed by atoms with Crippen molar-refractivity contribution in [1.82, 2.24) is 35.5 Å². The highest BCUT2D eigenvalue weighted by Gasteiger charge is 2.21. The van der Waals surface area contributed by atoms with E-state index in [-0.39, 0.29) is 22.4 Å². The van der Waals surface area contributed by atoms with Crippen LogP contribution in [0.1, 0.15) is 10.6 Å². The van der Waals surface area contributed by atoms with Gasteiger partial charge in [-0.1, -0.05) is 17.7 Å². The minimum atomic E-state index is -0.620. The molecule has 1 aromatic carbocycles. The van der Waals surface area contributed by atoms with Gasteiger partial charge in [0.2, 0.25) is 0 Å². The largest absolute Gasteiger partial charge is 0.383 e. The van der Waals surface area contributed by atoms with E-state index >= 15 is 0 Å². The van der Waals surface area contributed by atoms with Crippen LogP contribution in [-0.2, 0) is 13.0 Å². The Hall–Kier alpha value is -2.95. The summed E-state index contributed by atoms with van der Waals surface area (Å²) in [6, 6.07) is 6.44. The quantitative estimate of drug-likeness (QED) is 0.516. The minimum absolute atomic E-state index is 0.0224. The van der Waals surface area contributed by atoms with Gasteiger partial charge in [-0.05, 0) is 28.6 Å². The van der Waals surface area contributed by atoms with Crippen molar-refractivity contribution in [3.8, 4) is 27.6 Å². The average molecular weight is 429 g/mol. The number of thiazole rings is 1. The number of nitrogen functional groups attached to an aromatic ring is 1. The SMILES string of the molecule is Nc1ncc(-c2nc3c(s2)CNCC3)cc1-c1nnnn1-c1cccc(Cl)c1F. The normalized spacial score (nSPS) is 13.4. The fourth-order valence-corrected chi connectivity index (χ4v) is 4.42. The van der Waals surface area contributed by atoms with Crippen molar-refractivity contribution in [2.75, 3.05) is 12.3 Å². The summed E-state index contributed by atoms with van der Waals surface area (Å²) in [5, 5.41) is 15.8. The summed E-state index contributed by atoms with van der Waals surface area (Å²) in [6.45, 7) is 1.73. The molecular formula is C18H14ClFN8S. The number of nitrogens with zero attached hydrogens (tertiary/aromatic N) is 6. The average Bonchev–Trinajstić information content (AvgIpc) is 3.37. The molecule has 4 heterocycles. The Morgan fingerprint density at radius 3 is 3.07 bits per heavy atom. The Bertz CT molecular complexity index is 1200. The Kier molecular flexibility index (Phi) is 4.46. The summed E-state index contributed by atoms with van der Waals surface area (Å²) in [5.41, 5.74) is 8.62. The van der Waals surface area contributed by atoms with Gasteiger partial charge in [0.05, 0.1) is 16.3 Å². The van der Waals surface area contributed by atoms with Gasteiger partial charge in [-0.15, -0.1) is 16.4 Å². The molecule has 0 bridgehead atoms. The molecule has 4 aromatic rings. The molecule has 0 radical (unpaired) electrons. The summed E-state index contributed by atoms with van der Waals surface area (Å²) >= 11 is 7.52. The molecule has 0 atom stereocenters. The van der Waals surface area contributed by atoms with Crippen molar-refractivity contribution >= 4 is 28.8 Å².